The molecule has 2 aromatic rings. The number of hydrogen-bond donors (Lipinski definition) is 0. The van der Waals surface area contributed by atoms with E-state index < -0.39 is 0 Å². The highest BCUT2D eigenvalue weighted by atomic mass is 32.1. The molecular formula is C14H8N2S. The second-order valence-electron chi connectivity index (χ2n) is 3.38. The quantitative estimate of drug-likeness (QED) is 0.743. The zero-order valence-corrected chi connectivity index (χ0v) is 9.74. The van der Waals surface area contributed by atoms with Crippen LogP contribution in [0.1, 0.15) is 5.56 Å². The van der Waals surface area contributed by atoms with E-state index in [1.165, 1.54) is 4.88 Å². The van der Waals surface area contributed by atoms with Crippen LogP contribution in [-0.4, -0.2) is 0 Å². The monoisotopic (exact) mass is 236 g/mol. The average Bonchev–Trinajstić information content (AvgIpc) is 2.90. The average molecular weight is 236 g/mol. The second-order valence-corrected chi connectivity index (χ2v) is 4.33. The highest BCUT2D eigenvalue weighted by Crippen LogP contribution is 2.25. The lowest BCUT2D eigenvalue weighted by Crippen LogP contribution is -1.77. The van der Waals surface area contributed by atoms with Crippen LogP contribution < -0.4 is 0 Å². The van der Waals surface area contributed by atoms with Crippen molar-refractivity contribution in [2.75, 3.05) is 0 Å². The summed E-state index contributed by atoms with van der Waals surface area (Å²) in [7, 11) is 0. The molecule has 0 saturated carbocycles. The molecule has 0 atom stereocenters. The van der Waals surface area contributed by atoms with Crippen molar-refractivity contribution in [1.82, 2.24) is 0 Å². The number of allylic oxidation sites excluding steroid dienone is 1. The Balaban J connectivity index is 2.29. The predicted octanol–water partition coefficient (Wildman–Crippen LogP) is 3.85. The zero-order chi connectivity index (χ0) is 12.1. The molecule has 3 heteroatoms. The highest BCUT2D eigenvalue weighted by molar-refractivity contribution is 7.13. The fourth-order valence-corrected chi connectivity index (χ4v) is 2.18. The van der Waals surface area contributed by atoms with Gasteiger partial charge < -0.3 is 0 Å². The third-order valence-electron chi connectivity index (χ3n) is 2.27. The van der Waals surface area contributed by atoms with Gasteiger partial charge in [0.25, 0.3) is 0 Å². The van der Waals surface area contributed by atoms with Gasteiger partial charge in [-0.25, -0.2) is 0 Å². The van der Waals surface area contributed by atoms with Crippen molar-refractivity contribution in [2.24, 2.45) is 0 Å². The Morgan fingerprint density at radius 1 is 1.06 bits per heavy atom. The molecule has 0 aliphatic carbocycles. The van der Waals surface area contributed by atoms with Crippen LogP contribution in [0, 0.1) is 22.7 Å². The normalized spacial score (nSPS) is 9.06. The van der Waals surface area contributed by atoms with E-state index >= 15 is 0 Å². The molecule has 1 heterocycles. The lowest BCUT2D eigenvalue weighted by Gasteiger charge is -1.98. The Labute approximate surface area is 104 Å². The molecule has 0 fully saturated rings. The Hall–Kier alpha value is -2.36. The van der Waals surface area contributed by atoms with Crippen LogP contribution in [-0.2, 0) is 0 Å². The summed E-state index contributed by atoms with van der Waals surface area (Å²) < 4.78 is 0. The summed E-state index contributed by atoms with van der Waals surface area (Å²) in [6.45, 7) is 0. The maximum absolute atomic E-state index is 8.65. The first-order valence-corrected chi connectivity index (χ1v) is 5.87. The van der Waals surface area contributed by atoms with Crippen LogP contribution in [0.25, 0.3) is 16.5 Å². The van der Waals surface area contributed by atoms with Gasteiger partial charge in [-0.3, -0.25) is 0 Å². The number of thiophene rings is 1. The van der Waals surface area contributed by atoms with Gasteiger partial charge in [0.15, 0.2) is 0 Å². The minimum Gasteiger partial charge on any atom is -0.192 e. The van der Waals surface area contributed by atoms with Gasteiger partial charge in [0, 0.05) is 4.88 Å². The lowest BCUT2D eigenvalue weighted by molar-refractivity contribution is 1.47. The van der Waals surface area contributed by atoms with Gasteiger partial charge in [-0.15, -0.1) is 11.3 Å². The first-order chi connectivity index (χ1) is 8.33. The van der Waals surface area contributed by atoms with Gasteiger partial charge in [0.1, 0.15) is 17.7 Å². The first kappa shape index (κ1) is 11.1. The first-order valence-electron chi connectivity index (χ1n) is 4.99. The predicted molar refractivity (Wildman–Crippen MR) is 69.0 cm³/mol. The molecule has 0 amide bonds. The highest BCUT2D eigenvalue weighted by Gasteiger charge is 1.98. The number of hydrogen-bond acceptors (Lipinski definition) is 3. The molecule has 80 valence electrons. The van der Waals surface area contributed by atoms with Crippen LogP contribution in [0.15, 0.2) is 47.4 Å². The van der Waals surface area contributed by atoms with Crippen molar-refractivity contribution in [2.45, 2.75) is 0 Å². The molecule has 0 unspecified atom stereocenters. The third-order valence-corrected chi connectivity index (χ3v) is 3.19. The van der Waals surface area contributed by atoms with Gasteiger partial charge >= 0.3 is 0 Å². The molecule has 0 radical (unpaired) electrons. The van der Waals surface area contributed by atoms with Crippen LogP contribution >= 0.6 is 11.3 Å². The van der Waals surface area contributed by atoms with Crippen molar-refractivity contribution in [3.8, 4) is 22.6 Å². The van der Waals surface area contributed by atoms with Crippen molar-refractivity contribution < 1.29 is 0 Å². The Kier molecular flexibility index (Phi) is 3.35. The van der Waals surface area contributed by atoms with E-state index in [0.717, 1.165) is 11.1 Å². The van der Waals surface area contributed by atoms with E-state index in [4.69, 9.17) is 10.5 Å². The molecule has 2 rings (SSSR count). The number of benzene rings is 1. The smallest absolute Gasteiger partial charge is 0.130 e. The summed E-state index contributed by atoms with van der Waals surface area (Å²) in [5.41, 5.74) is 2.13. The van der Waals surface area contributed by atoms with Crippen LogP contribution in [0.3, 0.4) is 0 Å². The number of rotatable bonds is 2. The Morgan fingerprint density at radius 2 is 1.76 bits per heavy atom. The van der Waals surface area contributed by atoms with E-state index in [1.807, 2.05) is 47.9 Å². The molecule has 1 aromatic heterocycles. The molecule has 2 nitrogen and oxygen atoms in total. The van der Waals surface area contributed by atoms with Crippen molar-refractivity contribution in [3.05, 3.63) is 52.9 Å². The van der Waals surface area contributed by atoms with Crippen LogP contribution in [0.2, 0.25) is 0 Å². The summed E-state index contributed by atoms with van der Waals surface area (Å²) >= 11 is 1.68. The van der Waals surface area contributed by atoms with Crippen molar-refractivity contribution in [1.29, 1.82) is 10.5 Å². The number of nitrogens with zero attached hydrogens (tertiary/aromatic N) is 2. The molecule has 0 aliphatic rings. The molecule has 0 saturated heterocycles. The summed E-state index contributed by atoms with van der Waals surface area (Å²) in [4.78, 5) is 1.21. The van der Waals surface area contributed by atoms with Crippen LogP contribution in [0.4, 0.5) is 0 Å². The summed E-state index contributed by atoms with van der Waals surface area (Å²) in [6.07, 6.45) is 1.58. The minimum absolute atomic E-state index is 0.119. The van der Waals surface area contributed by atoms with E-state index in [9.17, 15) is 0 Å². The van der Waals surface area contributed by atoms with Gasteiger partial charge in [-0.05, 0) is 28.6 Å². The maximum atomic E-state index is 8.65. The topological polar surface area (TPSA) is 47.6 Å². The van der Waals surface area contributed by atoms with Gasteiger partial charge in [-0.1, -0.05) is 30.3 Å². The summed E-state index contributed by atoms with van der Waals surface area (Å²) in [5.74, 6) is 0. The molecule has 17 heavy (non-hydrogen) atoms. The largest absolute Gasteiger partial charge is 0.192 e. The zero-order valence-electron chi connectivity index (χ0n) is 8.92. The summed E-state index contributed by atoms with van der Waals surface area (Å²) in [5, 5.41) is 19.3. The molecule has 0 bridgehead atoms. The standard InChI is InChI=1S/C14H8N2S/c15-9-12(10-16)8-11-3-5-13(6-4-11)14-2-1-7-17-14/h1-8H. The van der Waals surface area contributed by atoms with E-state index in [1.54, 1.807) is 17.4 Å². The maximum Gasteiger partial charge on any atom is 0.130 e. The minimum atomic E-state index is 0.119. The van der Waals surface area contributed by atoms with E-state index in [-0.39, 0.29) is 5.57 Å². The SMILES string of the molecule is N#CC(C#N)=Cc1ccc(-c2cccs2)cc1. The Bertz CT molecular complexity index is 592. The number of nitriles is 2. The van der Waals surface area contributed by atoms with Gasteiger partial charge in [-0.2, -0.15) is 10.5 Å². The fraction of sp³-hybridized carbons (Fsp3) is 0. The van der Waals surface area contributed by atoms with Gasteiger partial charge in [0.2, 0.25) is 0 Å². The van der Waals surface area contributed by atoms with Gasteiger partial charge in [0.05, 0.1) is 0 Å². The van der Waals surface area contributed by atoms with Crippen LogP contribution in [0.5, 0.6) is 0 Å². The molecule has 0 aliphatic heterocycles. The van der Waals surface area contributed by atoms with Crippen molar-refractivity contribution >= 4 is 17.4 Å². The molecular weight excluding hydrogens is 228 g/mol. The third kappa shape index (κ3) is 2.60. The summed E-state index contributed by atoms with van der Waals surface area (Å²) in [6, 6.07) is 15.6. The van der Waals surface area contributed by atoms with E-state index in [0.29, 0.717) is 0 Å². The molecule has 1 aromatic carbocycles. The van der Waals surface area contributed by atoms with Crippen molar-refractivity contribution in [3.63, 3.8) is 0 Å². The lowest BCUT2D eigenvalue weighted by atomic mass is 10.1. The fourth-order valence-electron chi connectivity index (χ4n) is 1.44. The Morgan fingerprint density at radius 3 is 2.29 bits per heavy atom. The molecule has 0 spiro atoms. The van der Waals surface area contributed by atoms with E-state index in [2.05, 4.69) is 6.07 Å². The molecule has 0 N–H and O–H groups in total. The second kappa shape index (κ2) is 5.12.